The van der Waals surface area contributed by atoms with Crippen LogP contribution in [-0.4, -0.2) is 73.8 Å². The minimum atomic E-state index is -3.04. The highest BCUT2D eigenvalue weighted by molar-refractivity contribution is 7.91. The molecule has 2 fully saturated rings. The number of amides is 2. The molecule has 2 rings (SSSR count). The van der Waals surface area contributed by atoms with E-state index < -0.39 is 9.84 Å². The second kappa shape index (κ2) is 8.68. The van der Waals surface area contributed by atoms with Gasteiger partial charge in [-0.15, -0.1) is 12.4 Å². The molecule has 25 heavy (non-hydrogen) atoms. The minimum Gasteiger partial charge on any atom is -0.345 e. The van der Waals surface area contributed by atoms with Gasteiger partial charge in [0.05, 0.1) is 17.4 Å². The van der Waals surface area contributed by atoms with E-state index in [4.69, 9.17) is 5.73 Å². The predicted octanol–water partition coefficient (Wildman–Crippen LogP) is 0.276. The van der Waals surface area contributed by atoms with E-state index in [0.717, 1.165) is 6.42 Å². The molecular formula is C16H30ClN3O4S. The molecule has 9 heteroatoms. The van der Waals surface area contributed by atoms with Crippen LogP contribution in [0.25, 0.3) is 0 Å². The molecule has 0 bridgehead atoms. The van der Waals surface area contributed by atoms with Crippen molar-refractivity contribution in [3.63, 3.8) is 0 Å². The molecule has 2 aliphatic rings. The summed E-state index contributed by atoms with van der Waals surface area (Å²) in [7, 11) is -1.30. The molecule has 0 spiro atoms. The number of halogens is 1. The van der Waals surface area contributed by atoms with Crippen LogP contribution in [0.2, 0.25) is 0 Å². The second-order valence-corrected chi connectivity index (χ2v) is 9.69. The summed E-state index contributed by atoms with van der Waals surface area (Å²) in [5.41, 5.74) is 6.01. The number of carbonyl (C=O) groups excluding carboxylic acids is 2. The van der Waals surface area contributed by atoms with Crippen molar-refractivity contribution >= 4 is 34.1 Å². The maximum Gasteiger partial charge on any atom is 0.227 e. The highest BCUT2D eigenvalue weighted by atomic mass is 35.5. The highest BCUT2D eigenvalue weighted by Crippen LogP contribution is 2.27. The third-order valence-corrected chi connectivity index (χ3v) is 6.94. The number of hydrogen-bond acceptors (Lipinski definition) is 5. The zero-order valence-electron chi connectivity index (χ0n) is 15.2. The Bertz CT molecular complexity index is 596. The van der Waals surface area contributed by atoms with Crippen LogP contribution in [0.15, 0.2) is 0 Å². The van der Waals surface area contributed by atoms with Gasteiger partial charge >= 0.3 is 0 Å². The van der Waals surface area contributed by atoms with Crippen LogP contribution in [0.3, 0.4) is 0 Å². The first-order chi connectivity index (χ1) is 11.1. The number of hydrogen-bond donors (Lipinski definition) is 1. The summed E-state index contributed by atoms with van der Waals surface area (Å²) >= 11 is 0. The van der Waals surface area contributed by atoms with Gasteiger partial charge in [-0.3, -0.25) is 9.59 Å². The predicted molar refractivity (Wildman–Crippen MR) is 99.2 cm³/mol. The van der Waals surface area contributed by atoms with E-state index in [-0.39, 0.29) is 60.1 Å². The van der Waals surface area contributed by atoms with E-state index in [1.165, 1.54) is 0 Å². The normalized spacial score (nSPS) is 26.6. The first-order valence-corrected chi connectivity index (χ1v) is 10.4. The van der Waals surface area contributed by atoms with E-state index in [2.05, 4.69) is 13.8 Å². The van der Waals surface area contributed by atoms with E-state index >= 15 is 0 Å². The van der Waals surface area contributed by atoms with Crippen molar-refractivity contribution in [2.45, 2.75) is 45.2 Å². The molecule has 0 aromatic carbocycles. The largest absolute Gasteiger partial charge is 0.345 e. The van der Waals surface area contributed by atoms with Crippen LogP contribution in [0.4, 0.5) is 0 Å². The van der Waals surface area contributed by atoms with Gasteiger partial charge in [-0.25, -0.2) is 8.42 Å². The molecule has 2 amide bonds. The zero-order valence-corrected chi connectivity index (χ0v) is 16.8. The van der Waals surface area contributed by atoms with Crippen LogP contribution >= 0.6 is 12.4 Å². The molecule has 3 unspecified atom stereocenters. The third kappa shape index (κ3) is 5.56. The zero-order chi connectivity index (χ0) is 18.1. The number of carbonyl (C=O) groups is 2. The van der Waals surface area contributed by atoms with Gasteiger partial charge in [-0.1, -0.05) is 13.8 Å². The van der Waals surface area contributed by atoms with Crippen LogP contribution < -0.4 is 5.73 Å². The van der Waals surface area contributed by atoms with Crippen LogP contribution in [0.1, 0.15) is 33.1 Å². The molecule has 146 valence electrons. The molecule has 2 saturated heterocycles. The van der Waals surface area contributed by atoms with E-state index in [1.807, 2.05) is 0 Å². The van der Waals surface area contributed by atoms with Crippen LogP contribution in [0, 0.1) is 11.8 Å². The molecular weight excluding hydrogens is 366 g/mol. The smallest absolute Gasteiger partial charge is 0.227 e. The Hall–Kier alpha value is -0.860. The molecule has 2 aliphatic heterocycles. The lowest BCUT2D eigenvalue weighted by atomic mass is 10.0. The fraction of sp³-hybridized carbons (Fsp3) is 0.875. The molecule has 0 radical (unpaired) electrons. The Labute approximate surface area is 156 Å². The fourth-order valence-corrected chi connectivity index (χ4v) is 5.10. The Balaban J connectivity index is 0.00000312. The molecule has 0 aliphatic carbocycles. The van der Waals surface area contributed by atoms with Crippen molar-refractivity contribution in [1.82, 2.24) is 9.80 Å². The van der Waals surface area contributed by atoms with Crippen molar-refractivity contribution < 1.29 is 18.0 Å². The average Bonchev–Trinajstić information content (AvgIpc) is 3.05. The number of nitrogens with two attached hydrogens (primary N) is 1. The summed E-state index contributed by atoms with van der Waals surface area (Å²) < 4.78 is 23.2. The van der Waals surface area contributed by atoms with Gasteiger partial charge in [-0.05, 0) is 18.8 Å². The molecule has 2 N–H and O–H groups in total. The Kier molecular flexibility index (Phi) is 7.71. The average molecular weight is 396 g/mol. The number of sulfone groups is 1. The van der Waals surface area contributed by atoms with Gasteiger partial charge in [0.15, 0.2) is 9.84 Å². The molecule has 3 atom stereocenters. The van der Waals surface area contributed by atoms with Crippen molar-refractivity contribution in [2.75, 3.05) is 31.6 Å². The molecule has 0 aromatic heterocycles. The minimum absolute atomic E-state index is 0. The van der Waals surface area contributed by atoms with Gasteiger partial charge in [0.2, 0.25) is 11.8 Å². The molecule has 7 nitrogen and oxygen atoms in total. The van der Waals surface area contributed by atoms with Crippen molar-refractivity contribution in [1.29, 1.82) is 0 Å². The van der Waals surface area contributed by atoms with Crippen molar-refractivity contribution in [3.05, 3.63) is 0 Å². The maximum absolute atomic E-state index is 12.5. The Morgan fingerprint density at radius 1 is 1.40 bits per heavy atom. The lowest BCUT2D eigenvalue weighted by molar-refractivity contribution is -0.134. The van der Waals surface area contributed by atoms with Crippen LogP contribution in [0.5, 0.6) is 0 Å². The highest BCUT2D eigenvalue weighted by Gasteiger charge is 2.42. The van der Waals surface area contributed by atoms with Gasteiger partial charge in [-0.2, -0.15) is 0 Å². The lowest BCUT2D eigenvalue weighted by Crippen LogP contribution is -2.40. The van der Waals surface area contributed by atoms with Crippen LogP contribution in [-0.2, 0) is 19.4 Å². The SMILES string of the molecule is CC(C)C(N)CCN(C)C(=O)C1CC(=O)N(C2CCS(=O)(=O)C2)C1.Cl. The first-order valence-electron chi connectivity index (χ1n) is 8.61. The van der Waals surface area contributed by atoms with E-state index in [0.29, 0.717) is 25.4 Å². The number of likely N-dealkylation sites (tertiary alicyclic amines) is 1. The fourth-order valence-electron chi connectivity index (χ4n) is 3.37. The van der Waals surface area contributed by atoms with Crippen molar-refractivity contribution in [2.24, 2.45) is 17.6 Å². The number of rotatable bonds is 6. The van der Waals surface area contributed by atoms with Gasteiger partial charge in [0.1, 0.15) is 0 Å². The summed E-state index contributed by atoms with van der Waals surface area (Å²) in [6, 6.07) is -0.217. The third-order valence-electron chi connectivity index (χ3n) is 5.19. The van der Waals surface area contributed by atoms with Crippen molar-refractivity contribution in [3.8, 4) is 0 Å². The van der Waals surface area contributed by atoms with E-state index in [1.54, 1.807) is 16.8 Å². The Morgan fingerprint density at radius 3 is 2.56 bits per heavy atom. The quantitative estimate of drug-likeness (QED) is 0.695. The molecule has 0 saturated carbocycles. The standard InChI is InChI=1S/C16H29N3O4S.ClH/c1-11(2)14(17)4-6-18(3)16(21)12-8-15(20)19(9-12)13-5-7-24(22,23)10-13;/h11-14H,4-10,17H2,1-3H3;1H. The topological polar surface area (TPSA) is 101 Å². The Morgan fingerprint density at radius 2 is 2.04 bits per heavy atom. The van der Waals surface area contributed by atoms with E-state index in [9.17, 15) is 18.0 Å². The summed E-state index contributed by atoms with van der Waals surface area (Å²) in [5, 5.41) is 0. The summed E-state index contributed by atoms with van der Waals surface area (Å²) in [5.74, 6) is -0.0148. The molecule has 0 aromatic rings. The second-order valence-electron chi connectivity index (χ2n) is 7.46. The summed E-state index contributed by atoms with van der Waals surface area (Å²) in [6.07, 6.45) is 1.38. The summed E-state index contributed by atoms with van der Waals surface area (Å²) in [6.45, 7) is 5.00. The lowest BCUT2D eigenvalue weighted by Gasteiger charge is -2.25. The van der Waals surface area contributed by atoms with Gasteiger partial charge in [0, 0.05) is 38.6 Å². The molecule has 2 heterocycles. The maximum atomic E-state index is 12.5. The monoisotopic (exact) mass is 395 g/mol. The van der Waals surface area contributed by atoms with Gasteiger partial charge in [0.25, 0.3) is 0 Å². The van der Waals surface area contributed by atoms with Gasteiger partial charge < -0.3 is 15.5 Å². The first kappa shape index (κ1) is 22.2. The number of nitrogens with zero attached hydrogens (tertiary/aromatic N) is 2. The summed E-state index contributed by atoms with van der Waals surface area (Å²) in [4.78, 5) is 28.0.